The molecule has 1 aromatic carbocycles. The minimum absolute atomic E-state index is 0.0462. The third kappa shape index (κ3) is 3.39. The Morgan fingerprint density at radius 2 is 1.92 bits per heavy atom. The SMILES string of the molecule is COc1c(C(=O)N2CCC(C(O)c3ccccc3)CC2)c(C)nn1C. The van der Waals surface area contributed by atoms with E-state index in [1.807, 2.05) is 42.2 Å². The van der Waals surface area contributed by atoms with Crippen LogP contribution in [0, 0.1) is 12.8 Å². The van der Waals surface area contributed by atoms with Gasteiger partial charge in [-0.25, -0.2) is 4.68 Å². The van der Waals surface area contributed by atoms with E-state index < -0.39 is 6.10 Å². The summed E-state index contributed by atoms with van der Waals surface area (Å²) in [6, 6.07) is 9.72. The molecule has 0 radical (unpaired) electrons. The number of aliphatic hydroxyl groups excluding tert-OH is 1. The summed E-state index contributed by atoms with van der Waals surface area (Å²) < 4.78 is 6.93. The summed E-state index contributed by atoms with van der Waals surface area (Å²) in [6.07, 6.45) is 1.08. The number of likely N-dealkylation sites (tertiary alicyclic amines) is 1. The van der Waals surface area contributed by atoms with Crippen molar-refractivity contribution in [2.24, 2.45) is 13.0 Å². The summed E-state index contributed by atoms with van der Waals surface area (Å²) >= 11 is 0. The van der Waals surface area contributed by atoms with Gasteiger partial charge in [-0.1, -0.05) is 30.3 Å². The average Bonchev–Trinajstić information content (AvgIpc) is 2.94. The predicted octanol–water partition coefficient (Wildman–Crippen LogP) is 2.32. The molecule has 1 N–H and O–H groups in total. The topological polar surface area (TPSA) is 67.6 Å². The van der Waals surface area contributed by atoms with Crippen molar-refractivity contribution in [2.45, 2.75) is 25.9 Å². The number of nitrogens with zero attached hydrogens (tertiary/aromatic N) is 3. The number of aryl methyl sites for hydroxylation is 2. The molecule has 6 heteroatoms. The molecule has 0 aliphatic carbocycles. The third-order valence-electron chi connectivity index (χ3n) is 4.99. The first kappa shape index (κ1) is 17.5. The highest BCUT2D eigenvalue weighted by atomic mass is 16.5. The fourth-order valence-electron chi connectivity index (χ4n) is 3.62. The number of ether oxygens (including phenoxy) is 1. The minimum Gasteiger partial charge on any atom is -0.481 e. The van der Waals surface area contributed by atoms with Crippen LogP contribution >= 0.6 is 0 Å². The molecule has 6 nitrogen and oxygen atoms in total. The average molecular weight is 343 g/mol. The van der Waals surface area contributed by atoms with Gasteiger partial charge in [-0.3, -0.25) is 4.79 Å². The molecule has 1 atom stereocenters. The van der Waals surface area contributed by atoms with Crippen LogP contribution in [-0.4, -0.2) is 45.9 Å². The van der Waals surface area contributed by atoms with Crippen LogP contribution in [0.4, 0.5) is 0 Å². The van der Waals surface area contributed by atoms with Gasteiger partial charge in [0.05, 0.1) is 18.9 Å². The second-order valence-electron chi connectivity index (χ2n) is 6.58. The maximum Gasteiger partial charge on any atom is 0.261 e. The third-order valence-corrected chi connectivity index (χ3v) is 4.99. The molecule has 134 valence electrons. The maximum atomic E-state index is 12.9. The van der Waals surface area contributed by atoms with Crippen LogP contribution in [-0.2, 0) is 7.05 Å². The zero-order valence-corrected chi connectivity index (χ0v) is 15.0. The highest BCUT2D eigenvalue weighted by Crippen LogP contribution is 2.32. The van der Waals surface area contributed by atoms with Gasteiger partial charge in [-0.15, -0.1) is 0 Å². The second kappa shape index (κ2) is 7.27. The summed E-state index contributed by atoms with van der Waals surface area (Å²) in [4.78, 5) is 14.7. The Balaban J connectivity index is 1.67. The Morgan fingerprint density at radius 3 is 2.52 bits per heavy atom. The first-order valence-corrected chi connectivity index (χ1v) is 8.62. The highest BCUT2D eigenvalue weighted by molar-refractivity contribution is 5.97. The number of rotatable bonds is 4. The lowest BCUT2D eigenvalue weighted by molar-refractivity contribution is 0.0459. The number of hydrogen-bond acceptors (Lipinski definition) is 4. The molecule has 0 bridgehead atoms. The first-order valence-electron chi connectivity index (χ1n) is 8.62. The lowest BCUT2D eigenvalue weighted by Crippen LogP contribution is -2.40. The molecule has 0 saturated carbocycles. The van der Waals surface area contributed by atoms with Gasteiger partial charge in [0.1, 0.15) is 5.56 Å². The van der Waals surface area contributed by atoms with Gasteiger partial charge in [-0.05, 0) is 31.2 Å². The molecule has 1 aliphatic heterocycles. The number of piperidine rings is 1. The fourth-order valence-corrected chi connectivity index (χ4v) is 3.62. The van der Waals surface area contributed by atoms with Crippen molar-refractivity contribution in [1.29, 1.82) is 0 Å². The Labute approximate surface area is 148 Å². The number of hydrogen-bond donors (Lipinski definition) is 1. The Kier molecular flexibility index (Phi) is 5.08. The fraction of sp³-hybridized carbons (Fsp3) is 0.474. The van der Waals surface area contributed by atoms with E-state index in [-0.39, 0.29) is 11.8 Å². The van der Waals surface area contributed by atoms with Gasteiger partial charge in [0, 0.05) is 20.1 Å². The monoisotopic (exact) mass is 343 g/mol. The molecule has 1 unspecified atom stereocenters. The van der Waals surface area contributed by atoms with E-state index in [0.29, 0.717) is 30.2 Å². The molecule has 1 saturated heterocycles. The van der Waals surface area contributed by atoms with Gasteiger partial charge in [-0.2, -0.15) is 5.10 Å². The molecular formula is C19H25N3O3. The van der Waals surface area contributed by atoms with Crippen LogP contribution in [0.3, 0.4) is 0 Å². The van der Waals surface area contributed by atoms with Crippen LogP contribution in [0.15, 0.2) is 30.3 Å². The molecule has 2 heterocycles. The standard InChI is InChI=1S/C19H25N3O3/c1-13-16(19(25-3)21(2)20-13)18(24)22-11-9-15(10-12-22)17(23)14-7-5-4-6-8-14/h4-8,15,17,23H,9-12H2,1-3H3. The number of benzene rings is 1. The summed E-state index contributed by atoms with van der Waals surface area (Å²) in [5.41, 5.74) is 2.15. The van der Waals surface area contributed by atoms with Crippen molar-refractivity contribution in [3.63, 3.8) is 0 Å². The number of amides is 1. The van der Waals surface area contributed by atoms with E-state index in [9.17, 15) is 9.90 Å². The molecule has 1 aliphatic rings. The number of carbonyl (C=O) groups is 1. The van der Waals surface area contributed by atoms with E-state index in [1.54, 1.807) is 18.8 Å². The van der Waals surface area contributed by atoms with Gasteiger partial charge in [0.25, 0.3) is 5.91 Å². The number of carbonyl (C=O) groups excluding carboxylic acids is 1. The molecule has 25 heavy (non-hydrogen) atoms. The molecule has 1 amide bonds. The predicted molar refractivity (Wildman–Crippen MR) is 94.5 cm³/mol. The van der Waals surface area contributed by atoms with Crippen LogP contribution < -0.4 is 4.74 Å². The van der Waals surface area contributed by atoms with Crippen molar-refractivity contribution in [3.8, 4) is 5.88 Å². The van der Waals surface area contributed by atoms with Crippen LogP contribution in [0.2, 0.25) is 0 Å². The second-order valence-corrected chi connectivity index (χ2v) is 6.58. The smallest absolute Gasteiger partial charge is 0.261 e. The molecular weight excluding hydrogens is 318 g/mol. The largest absolute Gasteiger partial charge is 0.481 e. The lowest BCUT2D eigenvalue weighted by Gasteiger charge is -2.34. The summed E-state index contributed by atoms with van der Waals surface area (Å²) in [5.74, 6) is 0.618. The minimum atomic E-state index is -0.479. The lowest BCUT2D eigenvalue weighted by atomic mass is 9.87. The molecule has 3 rings (SSSR count). The summed E-state index contributed by atoms with van der Waals surface area (Å²) in [5, 5.41) is 14.9. The van der Waals surface area contributed by atoms with Crippen molar-refractivity contribution < 1.29 is 14.6 Å². The van der Waals surface area contributed by atoms with E-state index >= 15 is 0 Å². The van der Waals surface area contributed by atoms with Gasteiger partial charge in [0.2, 0.25) is 5.88 Å². The quantitative estimate of drug-likeness (QED) is 0.925. The van der Waals surface area contributed by atoms with E-state index in [2.05, 4.69) is 5.10 Å². The van der Waals surface area contributed by atoms with Gasteiger partial charge in [0.15, 0.2) is 0 Å². The Morgan fingerprint density at radius 1 is 1.28 bits per heavy atom. The summed E-state index contributed by atoms with van der Waals surface area (Å²) in [6.45, 7) is 3.08. The molecule has 1 fully saturated rings. The first-order chi connectivity index (χ1) is 12.0. The van der Waals surface area contributed by atoms with E-state index in [4.69, 9.17) is 4.74 Å². The number of aromatic nitrogens is 2. The zero-order valence-electron chi connectivity index (χ0n) is 15.0. The van der Waals surface area contributed by atoms with Crippen molar-refractivity contribution in [1.82, 2.24) is 14.7 Å². The summed E-state index contributed by atoms with van der Waals surface area (Å²) in [7, 11) is 3.32. The molecule has 1 aromatic heterocycles. The van der Waals surface area contributed by atoms with Crippen LogP contribution in [0.1, 0.15) is 40.6 Å². The van der Waals surface area contributed by atoms with Crippen molar-refractivity contribution >= 4 is 5.91 Å². The van der Waals surface area contributed by atoms with Gasteiger partial charge >= 0.3 is 0 Å². The normalized spacial score (nSPS) is 16.7. The maximum absolute atomic E-state index is 12.9. The van der Waals surface area contributed by atoms with Crippen LogP contribution in [0.5, 0.6) is 5.88 Å². The van der Waals surface area contributed by atoms with Crippen LogP contribution in [0.25, 0.3) is 0 Å². The van der Waals surface area contributed by atoms with E-state index in [1.165, 1.54) is 0 Å². The Hall–Kier alpha value is -2.34. The molecule has 0 spiro atoms. The Bertz CT molecular complexity index is 734. The highest BCUT2D eigenvalue weighted by Gasteiger charge is 2.31. The number of aliphatic hydroxyl groups is 1. The zero-order chi connectivity index (χ0) is 18.0. The van der Waals surface area contributed by atoms with Crippen molar-refractivity contribution in [3.05, 3.63) is 47.2 Å². The number of methoxy groups -OCH3 is 1. The van der Waals surface area contributed by atoms with E-state index in [0.717, 1.165) is 18.4 Å². The molecule has 2 aromatic rings. The van der Waals surface area contributed by atoms with Gasteiger partial charge < -0.3 is 14.7 Å². The van der Waals surface area contributed by atoms with Crippen molar-refractivity contribution in [2.75, 3.05) is 20.2 Å².